The van der Waals surface area contributed by atoms with Crippen LogP contribution in [-0.4, -0.2) is 16.7 Å². The highest BCUT2D eigenvalue weighted by Gasteiger charge is 2.14. The average molecular weight is 227 g/mol. The third kappa shape index (κ3) is 1.97. The van der Waals surface area contributed by atoms with Crippen molar-refractivity contribution in [3.8, 4) is 0 Å². The lowest BCUT2D eigenvalue weighted by atomic mass is 10.2. The summed E-state index contributed by atoms with van der Waals surface area (Å²) in [6.07, 6.45) is 0.421. The van der Waals surface area contributed by atoms with Crippen molar-refractivity contribution < 1.29 is 9.52 Å². The van der Waals surface area contributed by atoms with Crippen molar-refractivity contribution in [2.45, 2.75) is 12.5 Å². The maximum Gasteiger partial charge on any atom is 0.212 e. The van der Waals surface area contributed by atoms with Crippen LogP contribution in [-0.2, 0) is 0 Å². The first kappa shape index (κ1) is 10.4. The summed E-state index contributed by atoms with van der Waals surface area (Å²) in [7, 11) is 0. The molecule has 0 aliphatic rings. The molecular weight excluding hydrogens is 216 g/mol. The molecule has 1 aromatic carbocycles. The molecule has 1 atom stereocenters. The maximum absolute atomic E-state index is 8.75. The lowest BCUT2D eigenvalue weighted by Crippen LogP contribution is -2.11. The highest BCUT2D eigenvalue weighted by Crippen LogP contribution is 2.26. The number of hydrogen-bond donors (Lipinski definition) is 2. The molecule has 4 nitrogen and oxygen atoms in total. The summed E-state index contributed by atoms with van der Waals surface area (Å²) in [5.74, 6) is 0.409. The minimum atomic E-state index is -0.390. The Morgan fingerprint density at radius 3 is 3.00 bits per heavy atom. The molecule has 0 aliphatic carbocycles. The summed E-state index contributed by atoms with van der Waals surface area (Å²) < 4.78 is 5.43. The predicted octanol–water partition coefficient (Wildman–Crippen LogP) is 1.86. The second-order valence-electron chi connectivity index (χ2n) is 3.26. The topological polar surface area (TPSA) is 72.3 Å². The molecule has 0 saturated heterocycles. The Morgan fingerprint density at radius 2 is 2.33 bits per heavy atom. The van der Waals surface area contributed by atoms with Gasteiger partial charge in [-0.1, -0.05) is 17.7 Å². The lowest BCUT2D eigenvalue weighted by molar-refractivity contribution is 0.268. The Labute approximate surface area is 91.7 Å². The van der Waals surface area contributed by atoms with E-state index in [0.717, 1.165) is 0 Å². The second kappa shape index (κ2) is 4.18. The van der Waals surface area contributed by atoms with E-state index in [1.165, 1.54) is 0 Å². The van der Waals surface area contributed by atoms with E-state index >= 15 is 0 Å². The Kier molecular flexibility index (Phi) is 2.90. The van der Waals surface area contributed by atoms with Crippen LogP contribution >= 0.6 is 11.6 Å². The fourth-order valence-electron chi connectivity index (χ4n) is 1.35. The molecule has 0 saturated carbocycles. The first-order valence-electron chi connectivity index (χ1n) is 4.63. The second-order valence-corrected chi connectivity index (χ2v) is 3.67. The quantitative estimate of drug-likeness (QED) is 0.838. The van der Waals surface area contributed by atoms with Gasteiger partial charge in [0.25, 0.3) is 0 Å². The number of fused-ring (bicyclic) bond motifs is 1. The number of aliphatic hydroxyl groups is 1. The molecule has 1 unspecified atom stereocenters. The van der Waals surface area contributed by atoms with Crippen LogP contribution < -0.4 is 5.73 Å². The Bertz CT molecular complexity index is 469. The molecule has 1 heterocycles. The Hall–Kier alpha value is -1.10. The van der Waals surface area contributed by atoms with Crippen LogP contribution in [0.1, 0.15) is 18.4 Å². The van der Waals surface area contributed by atoms with Gasteiger partial charge in [0.1, 0.15) is 5.52 Å². The lowest BCUT2D eigenvalue weighted by Gasteiger charge is -2.02. The summed E-state index contributed by atoms with van der Waals surface area (Å²) in [6.45, 7) is 0.00756. The zero-order valence-corrected chi connectivity index (χ0v) is 8.74. The first-order chi connectivity index (χ1) is 7.22. The summed E-state index contributed by atoms with van der Waals surface area (Å²) in [5.41, 5.74) is 6.99. The average Bonchev–Trinajstić information content (AvgIpc) is 2.63. The number of para-hydroxylation sites is 1. The van der Waals surface area contributed by atoms with Crippen molar-refractivity contribution in [2.75, 3.05) is 6.61 Å². The number of oxazole rings is 1. The van der Waals surface area contributed by atoms with E-state index in [1.807, 2.05) is 0 Å². The van der Waals surface area contributed by atoms with E-state index in [-0.39, 0.29) is 6.61 Å². The van der Waals surface area contributed by atoms with Crippen molar-refractivity contribution in [1.29, 1.82) is 0 Å². The summed E-state index contributed by atoms with van der Waals surface area (Å²) in [6, 6.07) is 4.95. The van der Waals surface area contributed by atoms with Gasteiger partial charge in [0, 0.05) is 6.61 Å². The number of aliphatic hydroxyl groups excluding tert-OH is 1. The van der Waals surface area contributed by atoms with Gasteiger partial charge in [0.15, 0.2) is 5.58 Å². The fourth-order valence-corrected chi connectivity index (χ4v) is 1.56. The van der Waals surface area contributed by atoms with Gasteiger partial charge in [-0.2, -0.15) is 0 Å². The molecule has 0 amide bonds. The minimum Gasteiger partial charge on any atom is -0.437 e. The molecule has 5 heteroatoms. The van der Waals surface area contributed by atoms with Crippen molar-refractivity contribution in [1.82, 2.24) is 4.98 Å². The number of halogens is 1. The third-order valence-electron chi connectivity index (χ3n) is 2.14. The van der Waals surface area contributed by atoms with E-state index in [2.05, 4.69) is 4.98 Å². The molecule has 15 heavy (non-hydrogen) atoms. The third-order valence-corrected chi connectivity index (χ3v) is 2.44. The molecule has 0 radical (unpaired) electrons. The number of hydrogen-bond acceptors (Lipinski definition) is 4. The van der Waals surface area contributed by atoms with Crippen molar-refractivity contribution in [2.24, 2.45) is 5.73 Å². The smallest absolute Gasteiger partial charge is 0.212 e. The van der Waals surface area contributed by atoms with Crippen LogP contribution in [0.5, 0.6) is 0 Å². The van der Waals surface area contributed by atoms with Crippen LogP contribution in [0, 0.1) is 0 Å². The minimum absolute atomic E-state index is 0.00756. The molecular formula is C10H11ClN2O2. The zero-order chi connectivity index (χ0) is 10.8. The standard InChI is InChI=1S/C10H11ClN2O2/c11-6-2-1-3-8-9(6)15-10(13-8)7(12)4-5-14/h1-3,7,14H,4-5,12H2. The van der Waals surface area contributed by atoms with Gasteiger partial charge in [0.2, 0.25) is 5.89 Å². The normalized spacial score (nSPS) is 13.3. The highest BCUT2D eigenvalue weighted by molar-refractivity contribution is 6.34. The summed E-state index contributed by atoms with van der Waals surface area (Å²) >= 11 is 5.93. The highest BCUT2D eigenvalue weighted by atomic mass is 35.5. The van der Waals surface area contributed by atoms with E-state index in [1.54, 1.807) is 18.2 Å². The van der Waals surface area contributed by atoms with Gasteiger partial charge in [0.05, 0.1) is 11.1 Å². The van der Waals surface area contributed by atoms with Crippen LogP contribution in [0.2, 0.25) is 5.02 Å². The van der Waals surface area contributed by atoms with E-state index < -0.39 is 6.04 Å². The Morgan fingerprint density at radius 1 is 1.53 bits per heavy atom. The molecule has 0 bridgehead atoms. The van der Waals surface area contributed by atoms with Gasteiger partial charge in [-0.05, 0) is 18.6 Å². The Balaban J connectivity index is 2.43. The monoisotopic (exact) mass is 226 g/mol. The van der Waals surface area contributed by atoms with Crippen LogP contribution in [0.3, 0.4) is 0 Å². The number of nitrogens with two attached hydrogens (primary N) is 1. The van der Waals surface area contributed by atoms with E-state index in [4.69, 9.17) is 26.9 Å². The number of nitrogens with zero attached hydrogens (tertiary/aromatic N) is 1. The number of aromatic nitrogens is 1. The van der Waals surface area contributed by atoms with Gasteiger partial charge >= 0.3 is 0 Å². The first-order valence-corrected chi connectivity index (χ1v) is 5.01. The van der Waals surface area contributed by atoms with E-state index in [0.29, 0.717) is 28.4 Å². The number of benzene rings is 1. The summed E-state index contributed by atoms with van der Waals surface area (Å²) in [4.78, 5) is 4.20. The van der Waals surface area contributed by atoms with Crippen molar-refractivity contribution >= 4 is 22.7 Å². The SMILES string of the molecule is NC(CCO)c1nc2cccc(Cl)c2o1. The van der Waals surface area contributed by atoms with Gasteiger partial charge < -0.3 is 15.3 Å². The van der Waals surface area contributed by atoms with Gasteiger partial charge in [-0.3, -0.25) is 0 Å². The van der Waals surface area contributed by atoms with Gasteiger partial charge in [-0.25, -0.2) is 4.98 Å². The molecule has 2 aromatic rings. The molecule has 1 aromatic heterocycles. The summed E-state index contributed by atoms with van der Waals surface area (Å²) in [5, 5.41) is 9.27. The maximum atomic E-state index is 8.75. The largest absolute Gasteiger partial charge is 0.437 e. The molecule has 0 aliphatic heterocycles. The molecule has 0 spiro atoms. The van der Waals surface area contributed by atoms with Crippen LogP contribution in [0.4, 0.5) is 0 Å². The molecule has 80 valence electrons. The fraction of sp³-hybridized carbons (Fsp3) is 0.300. The molecule has 2 rings (SSSR count). The van der Waals surface area contributed by atoms with Crippen molar-refractivity contribution in [3.05, 3.63) is 29.1 Å². The van der Waals surface area contributed by atoms with Crippen LogP contribution in [0.25, 0.3) is 11.1 Å². The number of rotatable bonds is 3. The van der Waals surface area contributed by atoms with E-state index in [9.17, 15) is 0 Å². The van der Waals surface area contributed by atoms with Gasteiger partial charge in [-0.15, -0.1) is 0 Å². The molecule has 0 fully saturated rings. The molecule has 3 N–H and O–H groups in total. The zero-order valence-electron chi connectivity index (χ0n) is 7.98. The van der Waals surface area contributed by atoms with Crippen LogP contribution in [0.15, 0.2) is 22.6 Å². The predicted molar refractivity (Wildman–Crippen MR) is 57.7 cm³/mol. The van der Waals surface area contributed by atoms with Crippen molar-refractivity contribution in [3.63, 3.8) is 0 Å².